The monoisotopic (exact) mass is 422 g/mol. The molecule has 0 radical (unpaired) electrons. The molecule has 0 aliphatic heterocycles. The Morgan fingerprint density at radius 2 is 1.59 bits per heavy atom. The predicted molar refractivity (Wildman–Crippen MR) is 111 cm³/mol. The number of para-hydroxylation sites is 1. The van der Waals surface area contributed by atoms with Gasteiger partial charge in [-0.2, -0.15) is 5.10 Å². The average molecular weight is 423 g/mol. The summed E-state index contributed by atoms with van der Waals surface area (Å²) in [5, 5.41) is 7.23. The van der Waals surface area contributed by atoms with E-state index in [1.165, 1.54) is 10.8 Å². The van der Waals surface area contributed by atoms with Crippen molar-refractivity contribution in [1.29, 1.82) is 0 Å². The number of hydrogen-bond acceptors (Lipinski definition) is 3. The second kappa shape index (κ2) is 7.64. The number of methoxy groups -OCH3 is 2. The van der Waals surface area contributed by atoms with Crippen LogP contribution in [0.15, 0.2) is 77.4 Å². The van der Waals surface area contributed by atoms with Gasteiger partial charge < -0.3 is 9.47 Å². The van der Waals surface area contributed by atoms with Gasteiger partial charge in [-0.25, -0.2) is 4.68 Å². The Bertz CT molecular complexity index is 1090. The third kappa shape index (κ3) is 3.41. The largest absolute Gasteiger partial charge is 0.352 e. The van der Waals surface area contributed by atoms with Gasteiger partial charge in [-0.3, -0.25) is 0 Å². The molecule has 0 fully saturated rings. The minimum Gasteiger partial charge on any atom is -0.352 e. The molecule has 136 valence electrons. The molecule has 0 amide bonds. The highest BCUT2D eigenvalue weighted by Gasteiger charge is 2.21. The molecule has 0 bridgehead atoms. The lowest BCUT2D eigenvalue weighted by Crippen LogP contribution is -2.04. The second-order valence-electron chi connectivity index (χ2n) is 6.19. The molecule has 0 aliphatic rings. The average Bonchev–Trinajstić information content (AvgIpc) is 3.14. The van der Waals surface area contributed by atoms with Crippen LogP contribution < -0.4 is 0 Å². The van der Waals surface area contributed by atoms with Gasteiger partial charge in [0, 0.05) is 30.5 Å². The van der Waals surface area contributed by atoms with Crippen molar-refractivity contribution in [3.63, 3.8) is 0 Å². The minimum atomic E-state index is -0.497. The first-order valence-electron chi connectivity index (χ1n) is 8.60. The van der Waals surface area contributed by atoms with Gasteiger partial charge in [0.1, 0.15) is 5.69 Å². The summed E-state index contributed by atoms with van der Waals surface area (Å²) in [6, 6.07) is 22.6. The van der Waals surface area contributed by atoms with Gasteiger partial charge in [0.25, 0.3) is 0 Å². The highest BCUT2D eigenvalue weighted by molar-refractivity contribution is 9.10. The molecule has 0 spiro atoms. The van der Waals surface area contributed by atoms with Crippen molar-refractivity contribution < 1.29 is 9.47 Å². The third-order valence-electron chi connectivity index (χ3n) is 4.55. The van der Waals surface area contributed by atoms with Crippen molar-refractivity contribution in [2.24, 2.45) is 0 Å². The second-order valence-corrected chi connectivity index (χ2v) is 7.05. The van der Waals surface area contributed by atoms with Crippen molar-refractivity contribution in [1.82, 2.24) is 9.78 Å². The molecule has 4 rings (SSSR count). The van der Waals surface area contributed by atoms with Gasteiger partial charge in [-0.1, -0.05) is 48.5 Å². The Balaban J connectivity index is 1.90. The Kier molecular flexibility index (Phi) is 5.07. The van der Waals surface area contributed by atoms with Crippen LogP contribution in [0.5, 0.6) is 0 Å². The van der Waals surface area contributed by atoms with E-state index in [4.69, 9.17) is 14.6 Å². The Morgan fingerprint density at radius 1 is 0.889 bits per heavy atom. The summed E-state index contributed by atoms with van der Waals surface area (Å²) in [7, 11) is 3.27. The summed E-state index contributed by atoms with van der Waals surface area (Å²) in [5.74, 6) is 0. The van der Waals surface area contributed by atoms with Crippen molar-refractivity contribution in [2.45, 2.75) is 6.29 Å². The fraction of sp³-hybridized carbons (Fsp3) is 0.136. The maximum Gasteiger partial charge on any atom is 0.186 e. The van der Waals surface area contributed by atoms with Crippen LogP contribution in [0.3, 0.4) is 0 Å². The van der Waals surface area contributed by atoms with E-state index in [0.717, 1.165) is 27.0 Å². The number of benzene rings is 3. The topological polar surface area (TPSA) is 36.3 Å². The molecule has 0 aliphatic carbocycles. The van der Waals surface area contributed by atoms with Crippen molar-refractivity contribution in [3.05, 3.63) is 83.0 Å². The minimum absolute atomic E-state index is 0.497. The van der Waals surface area contributed by atoms with E-state index in [1.54, 1.807) is 14.2 Å². The number of fused-ring (bicyclic) bond motifs is 1. The number of ether oxygens (including phenoxy) is 2. The molecule has 0 saturated carbocycles. The number of halogens is 1. The number of aromatic nitrogens is 2. The normalized spacial score (nSPS) is 11.4. The van der Waals surface area contributed by atoms with Gasteiger partial charge in [0.2, 0.25) is 0 Å². The molecule has 0 saturated heterocycles. The highest BCUT2D eigenvalue weighted by Crippen LogP contribution is 2.33. The Labute approximate surface area is 166 Å². The van der Waals surface area contributed by atoms with E-state index in [2.05, 4.69) is 46.3 Å². The van der Waals surface area contributed by atoms with Crippen LogP contribution in [0.4, 0.5) is 0 Å². The summed E-state index contributed by atoms with van der Waals surface area (Å²) in [6.45, 7) is 0. The van der Waals surface area contributed by atoms with Crippen LogP contribution >= 0.6 is 15.9 Å². The molecule has 5 heteroatoms. The molecule has 1 aromatic heterocycles. The first-order valence-corrected chi connectivity index (χ1v) is 9.40. The van der Waals surface area contributed by atoms with Crippen molar-refractivity contribution >= 4 is 26.7 Å². The van der Waals surface area contributed by atoms with E-state index < -0.39 is 6.29 Å². The lowest BCUT2D eigenvalue weighted by atomic mass is 10.0. The maximum absolute atomic E-state index is 5.53. The highest BCUT2D eigenvalue weighted by atomic mass is 79.9. The van der Waals surface area contributed by atoms with Gasteiger partial charge in [0.15, 0.2) is 6.29 Å². The van der Waals surface area contributed by atoms with Crippen LogP contribution in [0.25, 0.3) is 27.7 Å². The summed E-state index contributed by atoms with van der Waals surface area (Å²) in [4.78, 5) is 0. The van der Waals surface area contributed by atoms with E-state index in [1.807, 2.05) is 47.3 Å². The molecule has 1 heterocycles. The molecule has 4 nitrogen and oxygen atoms in total. The van der Waals surface area contributed by atoms with E-state index in [-0.39, 0.29) is 0 Å². The van der Waals surface area contributed by atoms with Crippen LogP contribution in [0, 0.1) is 0 Å². The van der Waals surface area contributed by atoms with Gasteiger partial charge in [0.05, 0.1) is 11.3 Å². The Morgan fingerprint density at radius 3 is 2.33 bits per heavy atom. The van der Waals surface area contributed by atoms with Crippen LogP contribution in [-0.2, 0) is 9.47 Å². The van der Waals surface area contributed by atoms with Crippen LogP contribution in [0.2, 0.25) is 0 Å². The lowest BCUT2D eigenvalue weighted by molar-refractivity contribution is -0.105. The van der Waals surface area contributed by atoms with E-state index in [9.17, 15) is 0 Å². The zero-order valence-corrected chi connectivity index (χ0v) is 16.7. The zero-order valence-electron chi connectivity index (χ0n) is 15.1. The summed E-state index contributed by atoms with van der Waals surface area (Å²) in [6.07, 6.45) is 1.46. The van der Waals surface area contributed by atoms with Crippen molar-refractivity contribution in [3.8, 4) is 16.9 Å². The van der Waals surface area contributed by atoms with E-state index in [0.29, 0.717) is 0 Å². The molecule has 0 N–H and O–H groups in total. The standard InChI is InChI=1S/C22H19BrN2O2/c1-26-22(27-2)18-14-25(20-10-6-5-9-19(20)23)24-21(18)17-12-11-15-7-3-4-8-16(15)13-17/h3-14,22H,1-2H3. The number of nitrogens with zero attached hydrogens (tertiary/aromatic N) is 2. The molecule has 0 unspecified atom stereocenters. The quantitative estimate of drug-likeness (QED) is 0.384. The predicted octanol–water partition coefficient (Wildman–Crippen LogP) is 5.75. The SMILES string of the molecule is COC(OC)c1cn(-c2ccccc2Br)nc1-c1ccc2ccccc2c1. The fourth-order valence-corrected chi connectivity index (χ4v) is 3.70. The number of hydrogen-bond donors (Lipinski definition) is 0. The van der Waals surface area contributed by atoms with Gasteiger partial charge in [-0.05, 0) is 44.9 Å². The third-order valence-corrected chi connectivity index (χ3v) is 5.22. The summed E-state index contributed by atoms with van der Waals surface area (Å²) in [5.41, 5.74) is 3.70. The first-order chi connectivity index (χ1) is 13.2. The maximum atomic E-state index is 5.53. The van der Waals surface area contributed by atoms with Crippen molar-refractivity contribution in [2.75, 3.05) is 14.2 Å². The van der Waals surface area contributed by atoms with Crippen LogP contribution in [-0.4, -0.2) is 24.0 Å². The van der Waals surface area contributed by atoms with Gasteiger partial charge in [-0.15, -0.1) is 0 Å². The molecule has 4 aromatic rings. The fourth-order valence-electron chi connectivity index (χ4n) is 3.23. The smallest absolute Gasteiger partial charge is 0.186 e. The molecule has 0 atom stereocenters. The number of rotatable bonds is 5. The van der Waals surface area contributed by atoms with Gasteiger partial charge >= 0.3 is 0 Å². The summed E-state index contributed by atoms with van der Waals surface area (Å²) < 4.78 is 13.9. The van der Waals surface area contributed by atoms with Crippen LogP contribution in [0.1, 0.15) is 11.9 Å². The molecular weight excluding hydrogens is 404 g/mol. The first kappa shape index (κ1) is 17.9. The summed E-state index contributed by atoms with van der Waals surface area (Å²) >= 11 is 3.60. The Hall–Kier alpha value is -2.47. The zero-order chi connectivity index (χ0) is 18.8. The molecule has 3 aromatic carbocycles. The molecule has 27 heavy (non-hydrogen) atoms. The van der Waals surface area contributed by atoms with E-state index >= 15 is 0 Å². The molecular formula is C22H19BrN2O2. The lowest BCUT2D eigenvalue weighted by Gasteiger charge is -2.13.